The van der Waals surface area contributed by atoms with E-state index in [4.69, 9.17) is 0 Å². The minimum atomic E-state index is 0.458. The number of likely N-dealkylation sites (tertiary alicyclic amines) is 1. The lowest BCUT2D eigenvalue weighted by atomic mass is 9.97. The van der Waals surface area contributed by atoms with Crippen LogP contribution in [-0.2, 0) is 19.5 Å². The summed E-state index contributed by atoms with van der Waals surface area (Å²) in [6.07, 6.45) is 3.26. The van der Waals surface area contributed by atoms with Crippen LogP contribution in [0.5, 0.6) is 0 Å². The zero-order chi connectivity index (χ0) is 19.1. The monoisotopic (exact) mass is 385 g/mol. The molecule has 1 saturated heterocycles. The standard InChI is InChI=1S/C21H31N5S/c1-4-20-24-19(15-27-20)13-23-21(22-3)25-18-10-11-26(16(2)12-18)14-17-8-6-5-7-9-17/h5-9,15-16,18H,4,10-14H2,1-3H3,(H2,22,23,25). The van der Waals surface area contributed by atoms with E-state index in [0.717, 1.165) is 50.6 Å². The van der Waals surface area contributed by atoms with E-state index in [9.17, 15) is 0 Å². The smallest absolute Gasteiger partial charge is 0.191 e. The van der Waals surface area contributed by atoms with Crippen LogP contribution < -0.4 is 10.6 Å². The van der Waals surface area contributed by atoms with Crippen molar-refractivity contribution in [3.05, 3.63) is 52.0 Å². The van der Waals surface area contributed by atoms with Gasteiger partial charge in [-0.3, -0.25) is 9.89 Å². The first-order valence-electron chi connectivity index (χ1n) is 9.86. The van der Waals surface area contributed by atoms with E-state index in [1.807, 2.05) is 7.05 Å². The molecule has 5 nitrogen and oxygen atoms in total. The van der Waals surface area contributed by atoms with E-state index in [-0.39, 0.29) is 0 Å². The van der Waals surface area contributed by atoms with Gasteiger partial charge in [-0.15, -0.1) is 11.3 Å². The van der Waals surface area contributed by atoms with Crippen molar-refractivity contribution >= 4 is 17.3 Å². The number of aryl methyl sites for hydroxylation is 1. The van der Waals surface area contributed by atoms with Crippen LogP contribution in [0.1, 0.15) is 43.0 Å². The second-order valence-corrected chi connectivity index (χ2v) is 8.13. The normalized spacial score (nSPS) is 21.2. The summed E-state index contributed by atoms with van der Waals surface area (Å²) in [5, 5.41) is 10.3. The van der Waals surface area contributed by atoms with Crippen LogP contribution >= 0.6 is 11.3 Å². The molecule has 1 aromatic carbocycles. The van der Waals surface area contributed by atoms with Gasteiger partial charge >= 0.3 is 0 Å². The summed E-state index contributed by atoms with van der Waals surface area (Å²) >= 11 is 1.73. The third kappa shape index (κ3) is 5.78. The number of hydrogen-bond donors (Lipinski definition) is 2. The topological polar surface area (TPSA) is 52.6 Å². The van der Waals surface area contributed by atoms with Crippen molar-refractivity contribution in [3.63, 3.8) is 0 Å². The lowest BCUT2D eigenvalue weighted by Crippen LogP contribution is -2.51. The third-order valence-electron chi connectivity index (χ3n) is 5.15. The molecule has 2 unspecified atom stereocenters. The van der Waals surface area contributed by atoms with Crippen molar-refractivity contribution in [1.82, 2.24) is 20.5 Å². The van der Waals surface area contributed by atoms with Crippen molar-refractivity contribution in [2.75, 3.05) is 13.6 Å². The summed E-state index contributed by atoms with van der Waals surface area (Å²) in [6.45, 7) is 7.33. The van der Waals surface area contributed by atoms with Crippen molar-refractivity contribution in [2.45, 2.75) is 58.3 Å². The summed E-state index contributed by atoms with van der Waals surface area (Å²) in [6, 6.07) is 11.8. The van der Waals surface area contributed by atoms with Gasteiger partial charge in [-0.05, 0) is 31.7 Å². The molecule has 2 N–H and O–H groups in total. The number of piperidine rings is 1. The molecular weight excluding hydrogens is 354 g/mol. The first-order chi connectivity index (χ1) is 13.2. The van der Waals surface area contributed by atoms with Gasteiger partial charge in [-0.2, -0.15) is 0 Å². The number of rotatable bonds is 6. The van der Waals surface area contributed by atoms with Gasteiger partial charge in [0.15, 0.2) is 5.96 Å². The van der Waals surface area contributed by atoms with E-state index in [0.29, 0.717) is 12.1 Å². The van der Waals surface area contributed by atoms with E-state index >= 15 is 0 Å². The quantitative estimate of drug-likeness (QED) is 0.591. The van der Waals surface area contributed by atoms with Crippen LogP contribution in [0.15, 0.2) is 40.7 Å². The summed E-state index contributed by atoms with van der Waals surface area (Å²) in [7, 11) is 1.84. The van der Waals surface area contributed by atoms with E-state index in [1.165, 1.54) is 10.6 Å². The van der Waals surface area contributed by atoms with Crippen LogP contribution in [0.3, 0.4) is 0 Å². The number of thiazole rings is 1. The number of guanidine groups is 1. The van der Waals surface area contributed by atoms with E-state index in [2.05, 4.69) is 75.1 Å². The zero-order valence-electron chi connectivity index (χ0n) is 16.6. The van der Waals surface area contributed by atoms with E-state index < -0.39 is 0 Å². The molecular formula is C21H31N5S. The first kappa shape index (κ1) is 19.8. The Hall–Kier alpha value is -1.92. The van der Waals surface area contributed by atoms with Gasteiger partial charge in [0.05, 0.1) is 17.2 Å². The number of nitrogens with one attached hydrogen (secondary N) is 2. The van der Waals surface area contributed by atoms with Crippen LogP contribution in [0.2, 0.25) is 0 Å². The average molecular weight is 386 g/mol. The van der Waals surface area contributed by atoms with Crippen LogP contribution in [0.4, 0.5) is 0 Å². The van der Waals surface area contributed by atoms with E-state index in [1.54, 1.807) is 11.3 Å². The molecule has 1 aliphatic heterocycles. The lowest BCUT2D eigenvalue weighted by Gasteiger charge is -2.38. The second-order valence-electron chi connectivity index (χ2n) is 7.18. The summed E-state index contributed by atoms with van der Waals surface area (Å²) in [4.78, 5) is 11.6. The maximum absolute atomic E-state index is 4.61. The van der Waals surface area contributed by atoms with Crippen LogP contribution in [-0.4, -0.2) is 41.5 Å². The number of hydrogen-bond acceptors (Lipinski definition) is 4. The fraction of sp³-hybridized carbons (Fsp3) is 0.524. The SMILES string of the molecule is CCc1nc(CNC(=NC)NC2CCN(Cc3ccccc3)C(C)C2)cs1. The fourth-order valence-electron chi connectivity index (χ4n) is 3.56. The molecule has 1 aromatic heterocycles. The van der Waals surface area contributed by atoms with Crippen molar-refractivity contribution in [2.24, 2.45) is 4.99 Å². The Morgan fingerprint density at radius 2 is 2.15 bits per heavy atom. The number of aliphatic imine (C=N–C) groups is 1. The third-order valence-corrected chi connectivity index (χ3v) is 6.19. The largest absolute Gasteiger partial charge is 0.354 e. The predicted molar refractivity (Wildman–Crippen MR) is 114 cm³/mol. The summed E-state index contributed by atoms with van der Waals surface area (Å²) < 4.78 is 0. The highest BCUT2D eigenvalue weighted by Gasteiger charge is 2.25. The molecule has 2 atom stereocenters. The van der Waals surface area contributed by atoms with Gasteiger partial charge in [0.1, 0.15) is 0 Å². The van der Waals surface area contributed by atoms with Gasteiger partial charge in [-0.1, -0.05) is 37.3 Å². The second kappa shape index (κ2) is 9.85. The predicted octanol–water partition coefficient (Wildman–Crippen LogP) is 3.42. The Labute approximate surface area is 166 Å². The van der Waals surface area contributed by atoms with Gasteiger partial charge < -0.3 is 10.6 Å². The molecule has 27 heavy (non-hydrogen) atoms. The zero-order valence-corrected chi connectivity index (χ0v) is 17.4. The molecule has 3 rings (SSSR count). The molecule has 1 aliphatic rings. The minimum absolute atomic E-state index is 0.458. The Kier molecular flexibility index (Phi) is 7.24. The minimum Gasteiger partial charge on any atom is -0.354 e. The molecule has 146 valence electrons. The van der Waals surface area contributed by atoms with Gasteiger partial charge in [0, 0.05) is 37.6 Å². The molecule has 0 aliphatic carbocycles. The molecule has 6 heteroatoms. The molecule has 2 aromatic rings. The number of benzene rings is 1. The van der Waals surface area contributed by atoms with Crippen molar-refractivity contribution in [3.8, 4) is 0 Å². The highest BCUT2D eigenvalue weighted by molar-refractivity contribution is 7.09. The van der Waals surface area contributed by atoms with Gasteiger partial charge in [0.25, 0.3) is 0 Å². The Morgan fingerprint density at radius 3 is 2.81 bits per heavy atom. The highest BCUT2D eigenvalue weighted by Crippen LogP contribution is 2.20. The molecule has 0 amide bonds. The number of nitrogens with zero attached hydrogens (tertiary/aromatic N) is 3. The molecule has 0 saturated carbocycles. The summed E-state index contributed by atoms with van der Waals surface area (Å²) in [5.41, 5.74) is 2.48. The van der Waals surface area contributed by atoms with Crippen LogP contribution in [0.25, 0.3) is 0 Å². The fourth-order valence-corrected chi connectivity index (χ4v) is 4.30. The van der Waals surface area contributed by atoms with Gasteiger partial charge in [0.2, 0.25) is 0 Å². The maximum atomic E-state index is 4.61. The molecule has 2 heterocycles. The Morgan fingerprint density at radius 1 is 1.33 bits per heavy atom. The Balaban J connectivity index is 1.46. The van der Waals surface area contributed by atoms with Crippen molar-refractivity contribution < 1.29 is 0 Å². The highest BCUT2D eigenvalue weighted by atomic mass is 32.1. The van der Waals surface area contributed by atoms with Crippen molar-refractivity contribution in [1.29, 1.82) is 0 Å². The molecule has 1 fully saturated rings. The maximum Gasteiger partial charge on any atom is 0.191 e. The van der Waals surface area contributed by atoms with Gasteiger partial charge in [-0.25, -0.2) is 4.98 Å². The number of aromatic nitrogens is 1. The Bertz CT molecular complexity index is 727. The molecule has 0 radical (unpaired) electrons. The molecule has 0 bridgehead atoms. The summed E-state index contributed by atoms with van der Waals surface area (Å²) in [5.74, 6) is 0.870. The molecule has 0 spiro atoms. The van der Waals surface area contributed by atoms with Crippen LogP contribution in [0, 0.1) is 0 Å². The average Bonchev–Trinajstić information content (AvgIpc) is 3.16. The first-order valence-corrected chi connectivity index (χ1v) is 10.7. The lowest BCUT2D eigenvalue weighted by molar-refractivity contribution is 0.134.